The van der Waals surface area contributed by atoms with Crippen LogP contribution in [0.1, 0.15) is 81.3 Å². The number of fused-ring (bicyclic) bond motifs is 3. The zero-order valence-electron chi connectivity index (χ0n) is 33.2. The molecule has 56 heavy (non-hydrogen) atoms. The summed E-state index contributed by atoms with van der Waals surface area (Å²) in [6, 6.07) is 51.5. The molecule has 0 saturated heterocycles. The Morgan fingerprint density at radius 3 is 1.71 bits per heavy atom. The van der Waals surface area contributed by atoms with Gasteiger partial charge in [-0.05, 0) is 39.5 Å². The number of allylic oxidation sites excluding steroid dienone is 4. The van der Waals surface area contributed by atoms with E-state index < -0.39 is 0 Å². The van der Waals surface area contributed by atoms with Crippen molar-refractivity contribution in [1.82, 2.24) is 0 Å². The molecule has 4 heteroatoms. The van der Waals surface area contributed by atoms with E-state index in [1.807, 2.05) is 24.3 Å². The molecular weight excluding hydrogens is 822 g/mol. The zero-order chi connectivity index (χ0) is 38.3. The second-order valence-corrected chi connectivity index (χ2v) is 18.0. The van der Waals surface area contributed by atoms with Crippen LogP contribution in [0.2, 0.25) is 5.02 Å². The molecule has 0 unspecified atom stereocenters. The van der Waals surface area contributed by atoms with Crippen molar-refractivity contribution in [2.45, 2.75) is 71.6 Å². The maximum absolute atomic E-state index is 5.87. The van der Waals surface area contributed by atoms with E-state index in [0.717, 1.165) is 24.3 Å². The van der Waals surface area contributed by atoms with E-state index in [-0.39, 0.29) is 35.6 Å². The topological polar surface area (TPSA) is 0 Å². The van der Waals surface area contributed by atoms with Crippen molar-refractivity contribution in [3.05, 3.63) is 202 Å². The van der Waals surface area contributed by atoms with E-state index in [0.29, 0.717) is 0 Å². The third-order valence-electron chi connectivity index (χ3n) is 9.83. The van der Waals surface area contributed by atoms with Crippen molar-refractivity contribution in [2.24, 2.45) is 0 Å². The van der Waals surface area contributed by atoms with Gasteiger partial charge in [-0.1, -0.05) is 131 Å². The maximum Gasteiger partial charge on any atom is -0.109 e. The van der Waals surface area contributed by atoms with Gasteiger partial charge in [0.1, 0.15) is 0 Å². The molecular formula is C52H51Cl3Zr. The Labute approximate surface area is 368 Å². The van der Waals surface area contributed by atoms with Crippen molar-refractivity contribution in [3.63, 3.8) is 0 Å². The van der Waals surface area contributed by atoms with E-state index >= 15 is 0 Å². The molecule has 0 radical (unpaired) electrons. The summed E-state index contributed by atoms with van der Waals surface area (Å²) in [7, 11) is 0. The Kier molecular flexibility index (Phi) is 16.3. The van der Waals surface area contributed by atoms with Gasteiger partial charge in [0, 0.05) is 0 Å². The van der Waals surface area contributed by atoms with Gasteiger partial charge in [0.05, 0.1) is 0 Å². The molecule has 0 saturated carbocycles. The minimum atomic E-state index is 0. The van der Waals surface area contributed by atoms with Gasteiger partial charge in [-0.15, -0.1) is 60.1 Å². The van der Waals surface area contributed by atoms with Crippen molar-refractivity contribution < 1.29 is 24.2 Å². The first-order valence-corrected chi connectivity index (χ1v) is 20.5. The minimum absolute atomic E-state index is 0. The molecule has 0 aliphatic heterocycles. The van der Waals surface area contributed by atoms with Crippen LogP contribution in [0.5, 0.6) is 0 Å². The summed E-state index contributed by atoms with van der Waals surface area (Å²) in [6.45, 7) is 13.9. The number of benzene rings is 6. The van der Waals surface area contributed by atoms with Gasteiger partial charge in [-0.3, -0.25) is 6.08 Å². The first kappa shape index (κ1) is 45.1. The fraction of sp³-hybridized carbons (Fsp3) is 0.212. The van der Waals surface area contributed by atoms with Crippen LogP contribution in [0.4, 0.5) is 0 Å². The molecule has 0 atom stereocenters. The van der Waals surface area contributed by atoms with Crippen LogP contribution in [-0.4, -0.2) is 3.21 Å². The SMILES string of the molecule is CC(C)(C)c1cc2c([c-]c1-c1ccccc1)Cc1cc(-c3ccccc3)c(C(C)(C)C)cc1-2.Cl.Cl.Clc1ccc([C](=[Zr+2])Cc2ccccc2)cc1.[C-]1=CC=CC1. The molecule has 0 spiro atoms. The molecule has 6 aromatic carbocycles. The van der Waals surface area contributed by atoms with Crippen LogP contribution in [0.15, 0.2) is 152 Å². The average Bonchev–Trinajstić information content (AvgIpc) is 3.87. The van der Waals surface area contributed by atoms with Crippen LogP contribution in [0.25, 0.3) is 33.4 Å². The fourth-order valence-electron chi connectivity index (χ4n) is 7.00. The molecule has 6 aromatic rings. The minimum Gasteiger partial charge on any atom is -0.273 e. The largest absolute Gasteiger partial charge is 0.273 e. The molecule has 0 fully saturated rings. The van der Waals surface area contributed by atoms with E-state index in [9.17, 15) is 0 Å². The van der Waals surface area contributed by atoms with E-state index in [4.69, 9.17) is 11.6 Å². The van der Waals surface area contributed by atoms with Crippen LogP contribution in [0.3, 0.4) is 0 Å². The van der Waals surface area contributed by atoms with Crippen LogP contribution < -0.4 is 0 Å². The Balaban J connectivity index is 0.000000252. The van der Waals surface area contributed by atoms with Crippen molar-refractivity contribution >= 4 is 39.6 Å². The fourth-order valence-corrected chi connectivity index (χ4v) is 8.03. The number of rotatable bonds is 5. The van der Waals surface area contributed by atoms with E-state index in [2.05, 4.69) is 181 Å². The molecule has 8 rings (SSSR count). The van der Waals surface area contributed by atoms with Crippen LogP contribution in [-0.2, 0) is 47.9 Å². The summed E-state index contributed by atoms with van der Waals surface area (Å²) >= 11 is 7.34. The Hall–Kier alpha value is -3.58. The molecule has 2 aliphatic carbocycles. The smallest absolute Gasteiger partial charge is 0.109 e. The van der Waals surface area contributed by atoms with Gasteiger partial charge in [0.25, 0.3) is 0 Å². The van der Waals surface area contributed by atoms with Gasteiger partial charge in [-0.25, -0.2) is 12.2 Å². The molecule has 0 nitrogen and oxygen atoms in total. The molecule has 0 amide bonds. The molecule has 0 N–H and O–H groups in total. The van der Waals surface area contributed by atoms with Gasteiger partial charge in [0.15, 0.2) is 0 Å². The van der Waals surface area contributed by atoms with Gasteiger partial charge < -0.3 is 0 Å². The first-order chi connectivity index (χ1) is 25.9. The summed E-state index contributed by atoms with van der Waals surface area (Å²) in [6.07, 6.45) is 12.0. The number of hydrogen-bond acceptors (Lipinski definition) is 0. The molecule has 0 bridgehead atoms. The predicted octanol–water partition coefficient (Wildman–Crippen LogP) is 14.8. The summed E-state index contributed by atoms with van der Waals surface area (Å²) < 4.78 is 1.45. The van der Waals surface area contributed by atoms with Crippen molar-refractivity contribution in [3.8, 4) is 33.4 Å². The van der Waals surface area contributed by atoms with Crippen molar-refractivity contribution in [2.75, 3.05) is 0 Å². The number of hydrogen-bond donors (Lipinski definition) is 0. The Bertz CT molecular complexity index is 2140. The van der Waals surface area contributed by atoms with Crippen LogP contribution >= 0.6 is 36.4 Å². The van der Waals surface area contributed by atoms with E-state index in [1.165, 1.54) is 94.2 Å². The van der Waals surface area contributed by atoms with Gasteiger partial charge >= 0.3 is 116 Å². The summed E-state index contributed by atoms with van der Waals surface area (Å²) in [5.41, 5.74) is 16.2. The van der Waals surface area contributed by atoms with Crippen molar-refractivity contribution in [1.29, 1.82) is 0 Å². The first-order valence-electron chi connectivity index (χ1n) is 18.9. The molecule has 284 valence electrons. The Morgan fingerprint density at radius 1 is 0.643 bits per heavy atom. The quantitative estimate of drug-likeness (QED) is 0.151. The van der Waals surface area contributed by atoms with Gasteiger partial charge in [0.2, 0.25) is 0 Å². The standard InChI is InChI=1S/C33H33.C14H11Cl.C5H5.2ClH.Zr/c1-32(2,3)30-20-26-24(18-28(30)22-13-9-7-10-14-22)17-25-19-29(23-15-11-8-12-16-23)31(21-27(25)26)33(4,5)6;15-14-10-8-13(9-11-14)7-6-12-4-2-1-3-5-12;1-2-4-5-3-1;;;/h7-16,18,20-21H,17H2,1-6H3;1-5,8-11H,6H2;1-3H,4H2;2*1H;/q-1;;-1;;;+2. The maximum atomic E-state index is 5.87. The monoisotopic (exact) mass is 870 g/mol. The van der Waals surface area contributed by atoms with E-state index in [1.54, 1.807) is 0 Å². The second kappa shape index (κ2) is 20.2. The molecule has 0 aromatic heterocycles. The summed E-state index contributed by atoms with van der Waals surface area (Å²) in [5, 5.41) is 0.798. The summed E-state index contributed by atoms with van der Waals surface area (Å²) in [4.78, 5) is 0. The summed E-state index contributed by atoms with van der Waals surface area (Å²) in [5.74, 6) is 0. The zero-order valence-corrected chi connectivity index (χ0v) is 38.1. The predicted molar refractivity (Wildman–Crippen MR) is 244 cm³/mol. The van der Waals surface area contributed by atoms with Gasteiger partial charge in [-0.2, -0.15) is 6.08 Å². The normalized spacial score (nSPS) is 12.2. The van der Waals surface area contributed by atoms with Crippen LogP contribution in [0, 0.1) is 12.1 Å². The second-order valence-electron chi connectivity index (χ2n) is 16.1. The number of halogens is 3. The average molecular weight is 874 g/mol. The molecule has 2 aliphatic rings. The third kappa shape index (κ3) is 11.5. The molecule has 0 heterocycles. The Morgan fingerprint density at radius 2 is 1.20 bits per heavy atom. The third-order valence-corrected chi connectivity index (χ3v) is 11.2.